The molecule has 0 bridgehead atoms. The van der Waals surface area contributed by atoms with Crippen LogP contribution in [0.1, 0.15) is 39.3 Å². The number of aromatic amines is 1. The van der Waals surface area contributed by atoms with Crippen LogP contribution in [0.5, 0.6) is 0 Å². The third-order valence-electron chi connectivity index (χ3n) is 3.19. The lowest BCUT2D eigenvalue weighted by Gasteiger charge is -2.21. The van der Waals surface area contributed by atoms with Gasteiger partial charge in [0, 0.05) is 22.8 Å². The Kier molecular flexibility index (Phi) is 3.75. The minimum absolute atomic E-state index is 0.213. The average molecular weight is 262 g/mol. The Bertz CT molecular complexity index is 618. The minimum Gasteiger partial charge on any atom is -0.343 e. The molecule has 2 heterocycles. The third-order valence-corrected chi connectivity index (χ3v) is 3.19. The van der Waals surface area contributed by atoms with Crippen LogP contribution in [0, 0.1) is 0 Å². The maximum atomic E-state index is 12.0. The first-order valence-electron chi connectivity index (χ1n) is 6.73. The van der Waals surface area contributed by atoms with Gasteiger partial charge < -0.3 is 10.7 Å². The monoisotopic (exact) mass is 262 g/mol. The molecular formula is C14H22N4O. The molecule has 0 amide bonds. The number of rotatable bonds is 4. The van der Waals surface area contributed by atoms with Gasteiger partial charge in [0.2, 0.25) is 0 Å². The van der Waals surface area contributed by atoms with Gasteiger partial charge in [0.05, 0.1) is 0 Å². The van der Waals surface area contributed by atoms with Crippen LogP contribution in [0.3, 0.4) is 0 Å². The molecule has 0 aromatic carbocycles. The van der Waals surface area contributed by atoms with Crippen LogP contribution in [0.25, 0.3) is 11.0 Å². The fourth-order valence-electron chi connectivity index (χ4n) is 2.13. The number of fused-ring (bicyclic) bond motifs is 1. The molecule has 0 unspecified atom stereocenters. The molecule has 19 heavy (non-hydrogen) atoms. The number of unbranched alkanes of at least 4 members (excludes halogenated alkanes) is 1. The lowest BCUT2D eigenvalue weighted by atomic mass is 10.1. The lowest BCUT2D eigenvalue weighted by Crippen LogP contribution is -2.34. The van der Waals surface area contributed by atoms with Crippen molar-refractivity contribution in [1.29, 1.82) is 0 Å². The molecule has 0 atom stereocenters. The molecule has 0 fully saturated rings. The van der Waals surface area contributed by atoms with Gasteiger partial charge in [0.15, 0.2) is 0 Å². The zero-order valence-electron chi connectivity index (χ0n) is 11.9. The molecule has 0 aliphatic heterocycles. The van der Waals surface area contributed by atoms with E-state index in [0.29, 0.717) is 12.2 Å². The molecule has 5 heteroatoms. The number of hydrogen-bond donors (Lipinski definition) is 2. The molecule has 0 aliphatic carbocycles. The van der Waals surface area contributed by atoms with Crippen molar-refractivity contribution in [1.82, 2.24) is 14.5 Å². The quantitative estimate of drug-likeness (QED) is 0.824. The SMILES string of the molecule is CC(C)(C)n1cc2cc(CCCCN)[nH]c2nc1=O. The van der Waals surface area contributed by atoms with Gasteiger partial charge in [-0.15, -0.1) is 0 Å². The number of H-pyrrole nitrogens is 1. The second-order valence-electron chi connectivity index (χ2n) is 5.91. The van der Waals surface area contributed by atoms with Crippen molar-refractivity contribution in [2.75, 3.05) is 6.54 Å². The van der Waals surface area contributed by atoms with E-state index in [1.165, 1.54) is 0 Å². The number of aromatic nitrogens is 3. The van der Waals surface area contributed by atoms with Crippen molar-refractivity contribution < 1.29 is 0 Å². The summed E-state index contributed by atoms with van der Waals surface area (Å²) < 4.78 is 1.67. The molecule has 0 spiro atoms. The van der Waals surface area contributed by atoms with Crippen molar-refractivity contribution in [3.8, 4) is 0 Å². The predicted molar refractivity (Wildman–Crippen MR) is 77.3 cm³/mol. The summed E-state index contributed by atoms with van der Waals surface area (Å²) in [6, 6.07) is 2.07. The Morgan fingerprint density at radius 1 is 1.37 bits per heavy atom. The molecule has 2 aromatic heterocycles. The maximum Gasteiger partial charge on any atom is 0.350 e. The van der Waals surface area contributed by atoms with E-state index < -0.39 is 0 Å². The van der Waals surface area contributed by atoms with Crippen molar-refractivity contribution in [2.24, 2.45) is 5.73 Å². The van der Waals surface area contributed by atoms with Crippen LogP contribution in [-0.2, 0) is 12.0 Å². The van der Waals surface area contributed by atoms with Gasteiger partial charge in [0.1, 0.15) is 5.65 Å². The van der Waals surface area contributed by atoms with Crippen LogP contribution in [-0.4, -0.2) is 21.1 Å². The summed E-state index contributed by atoms with van der Waals surface area (Å²) in [6.45, 7) is 6.71. The molecule has 0 aliphatic rings. The Morgan fingerprint density at radius 3 is 2.74 bits per heavy atom. The predicted octanol–water partition coefficient (Wildman–Crippen LogP) is 1.76. The summed E-state index contributed by atoms with van der Waals surface area (Å²) >= 11 is 0. The number of nitrogens with zero attached hydrogens (tertiary/aromatic N) is 2. The molecule has 2 rings (SSSR count). The Hall–Kier alpha value is -1.62. The Morgan fingerprint density at radius 2 is 2.11 bits per heavy atom. The molecular weight excluding hydrogens is 240 g/mol. The van der Waals surface area contributed by atoms with Crippen LogP contribution in [0.15, 0.2) is 17.1 Å². The second kappa shape index (κ2) is 5.17. The van der Waals surface area contributed by atoms with Crippen molar-refractivity contribution in [3.05, 3.63) is 28.4 Å². The highest BCUT2D eigenvalue weighted by molar-refractivity contribution is 5.75. The van der Waals surface area contributed by atoms with Crippen LogP contribution in [0.4, 0.5) is 0 Å². The van der Waals surface area contributed by atoms with E-state index in [1.54, 1.807) is 4.57 Å². The highest BCUT2D eigenvalue weighted by Gasteiger charge is 2.16. The third kappa shape index (κ3) is 3.04. The van der Waals surface area contributed by atoms with E-state index in [0.717, 1.165) is 30.3 Å². The Labute approximate surface area is 112 Å². The highest BCUT2D eigenvalue weighted by atomic mass is 16.1. The first-order chi connectivity index (χ1) is 8.91. The number of hydrogen-bond acceptors (Lipinski definition) is 3. The van der Waals surface area contributed by atoms with E-state index in [2.05, 4.69) is 16.0 Å². The average Bonchev–Trinajstić information content (AvgIpc) is 2.68. The van der Waals surface area contributed by atoms with Gasteiger partial charge >= 0.3 is 5.69 Å². The fourth-order valence-corrected chi connectivity index (χ4v) is 2.13. The summed E-state index contributed by atoms with van der Waals surface area (Å²) in [6.07, 6.45) is 4.88. The van der Waals surface area contributed by atoms with Gasteiger partial charge in [0.25, 0.3) is 0 Å². The van der Waals surface area contributed by atoms with Crippen LogP contribution >= 0.6 is 0 Å². The zero-order valence-corrected chi connectivity index (χ0v) is 11.9. The van der Waals surface area contributed by atoms with Crippen molar-refractivity contribution in [3.63, 3.8) is 0 Å². The van der Waals surface area contributed by atoms with E-state index in [9.17, 15) is 4.79 Å². The summed E-state index contributed by atoms with van der Waals surface area (Å²) in [7, 11) is 0. The topological polar surface area (TPSA) is 76.7 Å². The van der Waals surface area contributed by atoms with Gasteiger partial charge in [-0.05, 0) is 52.6 Å². The highest BCUT2D eigenvalue weighted by Crippen LogP contribution is 2.17. The molecule has 3 N–H and O–H groups in total. The first-order valence-corrected chi connectivity index (χ1v) is 6.73. The lowest BCUT2D eigenvalue weighted by molar-refractivity contribution is 0.380. The van der Waals surface area contributed by atoms with E-state index >= 15 is 0 Å². The van der Waals surface area contributed by atoms with Gasteiger partial charge in [-0.25, -0.2) is 4.79 Å². The summed E-state index contributed by atoms with van der Waals surface area (Å²) in [5.74, 6) is 0. The van der Waals surface area contributed by atoms with Crippen LogP contribution in [0.2, 0.25) is 0 Å². The molecule has 2 aromatic rings. The normalized spacial score (nSPS) is 12.2. The molecule has 0 saturated carbocycles. The Balaban J connectivity index is 2.35. The molecule has 5 nitrogen and oxygen atoms in total. The smallest absolute Gasteiger partial charge is 0.343 e. The standard InChI is InChI=1S/C14H22N4O/c1-14(2,3)18-9-10-8-11(6-4-5-7-15)16-12(10)17-13(18)19/h8-9H,4-7,15H2,1-3H3,(H,16,17,19). The number of nitrogens with one attached hydrogen (secondary N) is 1. The summed E-state index contributed by atoms with van der Waals surface area (Å²) in [4.78, 5) is 19.3. The van der Waals surface area contributed by atoms with Crippen LogP contribution < -0.4 is 11.4 Å². The van der Waals surface area contributed by atoms with Gasteiger partial charge in [-0.2, -0.15) is 4.98 Å². The van der Waals surface area contributed by atoms with Crippen molar-refractivity contribution >= 4 is 11.0 Å². The number of aryl methyl sites for hydroxylation is 1. The molecule has 0 radical (unpaired) electrons. The van der Waals surface area contributed by atoms with E-state index in [1.807, 2.05) is 27.0 Å². The van der Waals surface area contributed by atoms with E-state index in [4.69, 9.17) is 5.73 Å². The second-order valence-corrected chi connectivity index (χ2v) is 5.91. The van der Waals surface area contributed by atoms with Gasteiger partial charge in [-0.1, -0.05) is 0 Å². The number of nitrogens with two attached hydrogens (primary N) is 1. The van der Waals surface area contributed by atoms with Gasteiger partial charge in [-0.3, -0.25) is 4.57 Å². The summed E-state index contributed by atoms with van der Waals surface area (Å²) in [5.41, 5.74) is 6.81. The molecule has 104 valence electrons. The molecule has 0 saturated heterocycles. The summed E-state index contributed by atoms with van der Waals surface area (Å²) in [5, 5.41) is 0.984. The minimum atomic E-state index is -0.255. The fraction of sp³-hybridized carbons (Fsp3) is 0.571. The van der Waals surface area contributed by atoms with Crippen molar-refractivity contribution in [2.45, 2.75) is 45.6 Å². The maximum absolute atomic E-state index is 12.0. The van der Waals surface area contributed by atoms with E-state index in [-0.39, 0.29) is 11.2 Å². The first kappa shape index (κ1) is 13.8. The largest absolute Gasteiger partial charge is 0.350 e. The zero-order chi connectivity index (χ0) is 14.0.